The fourth-order valence-corrected chi connectivity index (χ4v) is 12.4. The number of rotatable bonds is 53. The minimum absolute atomic E-state index is 0.0442. The second kappa shape index (κ2) is 50.0. The second-order valence-electron chi connectivity index (χ2n) is 38.3. The molecule has 10 atom stereocenters. The fourth-order valence-electron chi connectivity index (χ4n) is 12.4. The normalized spacial score (nSPS) is 18.8. The van der Waals surface area contributed by atoms with Crippen LogP contribution >= 0.6 is 0 Å². The number of benzene rings is 1. The van der Waals surface area contributed by atoms with Gasteiger partial charge in [-0.15, -0.1) is 0 Å². The van der Waals surface area contributed by atoms with E-state index in [1.807, 2.05) is 0 Å². The van der Waals surface area contributed by atoms with Crippen molar-refractivity contribution in [1.29, 1.82) is 16.2 Å². The number of aliphatic hydroxyl groups excluding tert-OH is 23. The predicted molar refractivity (Wildman–Crippen MR) is 535 cm³/mol. The lowest BCUT2D eigenvalue weighted by atomic mass is 10.0. The predicted octanol–water partition coefficient (Wildman–Crippen LogP) is 13.4. The van der Waals surface area contributed by atoms with Crippen LogP contribution in [0.25, 0.3) is 0 Å². The van der Waals surface area contributed by atoms with Crippen molar-refractivity contribution < 1.29 is 122 Å². The molecule has 0 spiro atoms. The third-order valence-electron chi connectivity index (χ3n) is 20.7. The van der Waals surface area contributed by atoms with Crippen LogP contribution in [0.3, 0.4) is 0 Å². The smallest absolute Gasteiger partial charge is 0.250 e. The molecule has 2 rings (SSSR count). The maximum atomic E-state index is 14.6. The molecule has 47 nitrogen and oxygen atoms in total. The van der Waals surface area contributed by atoms with Gasteiger partial charge in [0.1, 0.15) is 111 Å². The lowest BCUT2D eigenvalue weighted by molar-refractivity contribution is -0.135. The van der Waals surface area contributed by atoms with Crippen molar-refractivity contribution in [2.45, 2.75) is 354 Å². The number of aliphatic hydroxyl groups is 23. The Bertz CT molecular complexity index is 4920. The number of likely N-dealkylation sites (tertiary alicyclic amines) is 1. The SMILES string of the molecule is CC(O)=NC(C)(C)C(O)=NC(C)C(O)=NC(C)(C)C(O)=NC(C)C(O)=NC(C)(C)C(O)=NC(C)C(O)=NC(CCC(=N)O)C(O)=NC(C)(C)C(O)=NC(C)(C)C(O)=NC(C)(C)C(O)=NCC(O)=NC(CC(C)C)C(O)=NC(C)(C)C(=O)N1CCCC1C(O)=NC(C(O)=NC(C)(C)C(O)=NC(C)(C)C(O)=NC(CCC(=N)O)C(O)=NC(CCC(=N)O)C(O)=NC(CO)Cc1ccccc1)C(C)C. The molecule has 0 bridgehead atoms. The van der Waals surface area contributed by atoms with E-state index < -0.39 is 272 Å². The highest BCUT2D eigenvalue weighted by Gasteiger charge is 2.44. The van der Waals surface area contributed by atoms with Crippen molar-refractivity contribution in [3.8, 4) is 0 Å². The van der Waals surface area contributed by atoms with Crippen LogP contribution in [0, 0.1) is 28.1 Å². The maximum absolute atomic E-state index is 14.6. The molecule has 1 heterocycles. The number of carbonyl (C=O) groups excluding carboxylic acids is 1. The molecular weight excluding hydrogens is 1780 g/mol. The van der Waals surface area contributed by atoms with Crippen LogP contribution in [0.2, 0.25) is 0 Å². The van der Waals surface area contributed by atoms with Gasteiger partial charge in [0, 0.05) is 32.7 Å². The zero-order valence-electron chi connectivity index (χ0n) is 82.6. The summed E-state index contributed by atoms with van der Waals surface area (Å²) in [5.41, 5.74) is -15.0. The first-order valence-corrected chi connectivity index (χ1v) is 44.1. The summed E-state index contributed by atoms with van der Waals surface area (Å²) >= 11 is 0. The summed E-state index contributed by atoms with van der Waals surface area (Å²) in [5.74, 6) is -17.7. The molecule has 1 aromatic carbocycles. The lowest BCUT2D eigenvalue weighted by Gasteiger charge is -2.31. The van der Waals surface area contributed by atoms with E-state index in [1.165, 1.54) is 157 Å². The maximum Gasteiger partial charge on any atom is 0.250 e. The highest BCUT2D eigenvalue weighted by atomic mass is 16.3. The van der Waals surface area contributed by atoms with Crippen molar-refractivity contribution in [1.82, 2.24) is 4.90 Å². The van der Waals surface area contributed by atoms with Crippen LogP contribution in [0.15, 0.2) is 125 Å². The molecule has 762 valence electrons. The van der Waals surface area contributed by atoms with E-state index >= 15 is 0 Å². The highest BCUT2D eigenvalue weighted by molar-refractivity contribution is 6.01. The van der Waals surface area contributed by atoms with Gasteiger partial charge < -0.3 is 122 Å². The summed E-state index contributed by atoms with van der Waals surface area (Å²) in [6.45, 7) is 35.2. The zero-order valence-corrected chi connectivity index (χ0v) is 82.6. The third kappa shape index (κ3) is 38.0. The molecule has 0 aliphatic carbocycles. The van der Waals surface area contributed by atoms with Gasteiger partial charge in [-0.25, -0.2) is 94.9 Å². The van der Waals surface area contributed by atoms with Crippen LogP contribution < -0.4 is 0 Å². The second-order valence-corrected chi connectivity index (χ2v) is 38.3. The van der Waals surface area contributed by atoms with Gasteiger partial charge in [0.2, 0.25) is 106 Å². The quantitative estimate of drug-likeness (QED) is 0.0213. The Kier molecular flexibility index (Phi) is 43.8. The average Bonchev–Trinajstić information content (AvgIpc) is 1.65. The first-order valence-electron chi connectivity index (χ1n) is 44.1. The highest BCUT2D eigenvalue weighted by Crippen LogP contribution is 2.30. The summed E-state index contributed by atoms with van der Waals surface area (Å²) in [4.78, 5) is 95.0. The van der Waals surface area contributed by atoms with E-state index in [4.69, 9.17) is 16.2 Å². The van der Waals surface area contributed by atoms with E-state index in [2.05, 4.69) is 94.9 Å². The third-order valence-corrected chi connectivity index (χ3v) is 20.7. The van der Waals surface area contributed by atoms with Gasteiger partial charge in [-0.3, -0.25) is 21.0 Å². The summed E-state index contributed by atoms with van der Waals surface area (Å²) in [7, 11) is 0. The molecule has 47 heteroatoms. The summed E-state index contributed by atoms with van der Waals surface area (Å²) in [5, 5.41) is 276. The molecule has 0 radical (unpaired) electrons. The molecule has 1 aliphatic rings. The Labute approximate surface area is 792 Å². The Morgan fingerprint density at radius 1 is 0.382 bits per heavy atom. The first-order chi connectivity index (χ1) is 62.1. The van der Waals surface area contributed by atoms with Gasteiger partial charge in [0.25, 0.3) is 5.91 Å². The van der Waals surface area contributed by atoms with Crippen molar-refractivity contribution in [3.05, 3.63) is 35.9 Å². The number of aliphatic imine (C=N–C) groups is 19. The fraction of sp³-hybridized carbons (Fsp3) is 0.674. The lowest BCUT2D eigenvalue weighted by Crippen LogP contribution is -2.50. The molecule has 1 fully saturated rings. The zero-order chi connectivity index (χ0) is 105. The number of amides is 1. The van der Waals surface area contributed by atoms with E-state index in [1.54, 1.807) is 58.0 Å². The first kappa shape index (κ1) is 119. The minimum atomic E-state index is -1.89. The molecule has 1 amide bonds. The van der Waals surface area contributed by atoms with E-state index in [0.29, 0.717) is 6.42 Å². The van der Waals surface area contributed by atoms with Gasteiger partial charge in [-0.2, -0.15) is 0 Å². The molecule has 1 saturated heterocycles. The van der Waals surface area contributed by atoms with Gasteiger partial charge in [-0.05, 0) is 208 Å². The summed E-state index contributed by atoms with van der Waals surface area (Å²) < 4.78 is 0. The van der Waals surface area contributed by atoms with Crippen LogP contribution in [0.4, 0.5) is 0 Å². The van der Waals surface area contributed by atoms with Gasteiger partial charge >= 0.3 is 0 Å². The molecule has 1 aromatic rings. The number of nitrogens with one attached hydrogen (secondary N) is 3. The Morgan fingerprint density at radius 3 is 1.15 bits per heavy atom. The average molecular weight is 1920 g/mol. The Hall–Kier alpha value is -13.0. The molecule has 10 unspecified atom stereocenters. The summed E-state index contributed by atoms with van der Waals surface area (Å²) in [6, 6.07) is -4.16. The van der Waals surface area contributed by atoms with Crippen molar-refractivity contribution in [3.63, 3.8) is 0 Å². The molecular formula is C89H147N23O24. The van der Waals surface area contributed by atoms with E-state index in [0.717, 1.165) is 5.56 Å². The van der Waals surface area contributed by atoms with Crippen LogP contribution in [-0.4, -0.2) is 388 Å². The Balaban J connectivity index is 2.50. The Morgan fingerprint density at radius 2 is 0.728 bits per heavy atom. The molecule has 1 aliphatic heterocycles. The van der Waals surface area contributed by atoms with Crippen molar-refractivity contribution in [2.75, 3.05) is 19.7 Å². The molecule has 0 saturated carbocycles. The standard InChI is InChI=1S/C89H147N23O24/c1-45(2)41-56(69(125)107-89(25,26)80(136)112-40-30-33-57(112)70(126)102-62(46(3)4)71(127)108-87(21,22)78(134)110-85(17,18)76(132)101-54(35-38-59(91)116)67(123)100-53(34-37-58(90)115)66(122)97-52(44-113)42-51-31-28-27-29-32-51)98-61(118)43-93-72(128)81(9,10)109-79(135)88(23,24)111-77(133)86(19,20)106-68(124)55(36-39-60(92)117)99-63(119)47(5)94-74(130)83(13,14)104-65(121)49(7)96-75(131)84(15,16)105-64(120)48(6)95-73(129)82(11,12)103-50(8)114/h27-29,31-32,45-49,52-57,62,113H,30,33-44H2,1-26H3,(H2,90,115)(H2,91,116)(H2,92,117)(H,93,128)(H,94,130)(H,95,129)(H,96,131)(H,97,122)(H,98,118)(H,99,119)(H,100,123)(H,101,132)(H,102,126)(H,103,114)(H,104,121)(H,105,120)(H,106,124)(H,107,125)(H,108,127)(H,109,135)(H,110,134)(H,111,133). The minimum Gasteiger partial charge on any atom is -0.497 e. The number of carbonyl (C=O) groups is 1. The van der Waals surface area contributed by atoms with Gasteiger partial charge in [0.15, 0.2) is 23.6 Å². The van der Waals surface area contributed by atoms with Crippen LogP contribution in [0.1, 0.15) is 243 Å². The monoisotopic (exact) mass is 1920 g/mol. The summed E-state index contributed by atoms with van der Waals surface area (Å²) in [6.07, 6.45) is -1.43. The van der Waals surface area contributed by atoms with Gasteiger partial charge in [-0.1, -0.05) is 58.0 Å². The molecule has 26 N–H and O–H groups in total. The molecule has 136 heavy (non-hydrogen) atoms. The van der Waals surface area contributed by atoms with Crippen molar-refractivity contribution >= 4 is 136 Å². The van der Waals surface area contributed by atoms with E-state index in [-0.39, 0.29) is 63.3 Å². The number of hydrogen-bond acceptors (Lipinski definition) is 24. The molecule has 0 aromatic heterocycles. The number of hydrogen-bond donors (Lipinski definition) is 26. The van der Waals surface area contributed by atoms with Gasteiger partial charge in [0.05, 0.1) is 12.6 Å². The van der Waals surface area contributed by atoms with Crippen LogP contribution in [0.5, 0.6) is 0 Å². The number of nitrogens with zero attached hydrogens (tertiary/aromatic N) is 20. The van der Waals surface area contributed by atoms with Crippen LogP contribution in [-0.2, 0) is 11.2 Å². The van der Waals surface area contributed by atoms with E-state index in [9.17, 15) is 122 Å². The topological polar surface area (TPSA) is 792 Å². The largest absolute Gasteiger partial charge is 0.497 e. The van der Waals surface area contributed by atoms with Crippen molar-refractivity contribution in [2.24, 2.45) is 107 Å².